The van der Waals surface area contributed by atoms with E-state index in [2.05, 4.69) is 0 Å². The Balaban J connectivity index is 2.29. The second-order valence-corrected chi connectivity index (χ2v) is 4.82. The predicted octanol–water partition coefficient (Wildman–Crippen LogP) is 0.991. The number of hydrogen-bond acceptors (Lipinski definition) is 6. The number of esters is 1. The number of carbonyl (C=O) groups is 3. The minimum atomic E-state index is -1.28. The van der Waals surface area contributed by atoms with Crippen molar-refractivity contribution in [3.63, 3.8) is 0 Å². The van der Waals surface area contributed by atoms with Crippen LogP contribution < -0.4 is 11.1 Å². The Morgan fingerprint density at radius 3 is 2.54 bits per heavy atom. The number of carbonyl (C=O) groups excluding carboxylic acids is 3. The molecule has 0 aliphatic carbocycles. The van der Waals surface area contributed by atoms with Crippen molar-refractivity contribution in [1.29, 1.82) is 5.26 Å². The molecule has 24 heavy (non-hydrogen) atoms. The molecule has 3 N–H and O–H groups in total. The molecule has 3 amide bonds. The summed E-state index contributed by atoms with van der Waals surface area (Å²) in [4.78, 5) is 34.5. The lowest BCUT2D eigenvalue weighted by Crippen LogP contribution is -2.42. The van der Waals surface area contributed by atoms with Crippen LogP contribution in [-0.2, 0) is 9.53 Å². The number of imide groups is 1. The Hall–Kier alpha value is -3.54. The molecule has 9 heteroatoms. The molecule has 0 saturated carbocycles. The first-order valence-electron chi connectivity index (χ1n) is 6.83. The van der Waals surface area contributed by atoms with Crippen molar-refractivity contribution < 1.29 is 23.5 Å². The van der Waals surface area contributed by atoms with Gasteiger partial charge in [0, 0.05) is 12.4 Å². The van der Waals surface area contributed by atoms with E-state index in [9.17, 15) is 19.6 Å². The number of nitrogens with zero attached hydrogens (tertiary/aromatic N) is 2. The Kier molecular flexibility index (Phi) is 4.70. The van der Waals surface area contributed by atoms with Crippen LogP contribution in [0.4, 0.5) is 4.79 Å². The lowest BCUT2D eigenvalue weighted by molar-refractivity contribution is -0.127. The van der Waals surface area contributed by atoms with Gasteiger partial charge in [-0.15, -0.1) is 0 Å². The predicted molar refractivity (Wildman–Crippen MR) is 80.1 cm³/mol. The first kappa shape index (κ1) is 16.8. The van der Waals surface area contributed by atoms with E-state index in [0.29, 0.717) is 0 Å². The fraction of sp³-hybridized carbons (Fsp3) is 0.200. The quantitative estimate of drug-likeness (QED) is 0.801. The SMILES string of the molecule is Cc1oc(-n2cccc2)c(C#N)c1C(=O)O[C@H](C)C(=O)NC(N)=O. The number of aromatic nitrogens is 1. The molecule has 0 bridgehead atoms. The fourth-order valence-electron chi connectivity index (χ4n) is 2.03. The first-order chi connectivity index (χ1) is 11.3. The molecule has 0 saturated heterocycles. The number of nitrogens with two attached hydrogens (primary N) is 1. The van der Waals surface area contributed by atoms with Crippen molar-refractivity contribution >= 4 is 17.9 Å². The highest BCUT2D eigenvalue weighted by molar-refractivity contribution is 5.99. The normalized spacial score (nSPS) is 11.4. The average molecular weight is 330 g/mol. The highest BCUT2D eigenvalue weighted by atomic mass is 16.5. The van der Waals surface area contributed by atoms with Gasteiger partial charge in [0.2, 0.25) is 5.88 Å². The molecule has 0 spiro atoms. The molecular formula is C15H14N4O5. The Morgan fingerprint density at radius 2 is 2.00 bits per heavy atom. The number of amides is 3. The van der Waals surface area contributed by atoms with Crippen LogP contribution in [0.3, 0.4) is 0 Å². The van der Waals surface area contributed by atoms with Crippen molar-refractivity contribution in [2.45, 2.75) is 20.0 Å². The number of nitriles is 1. The molecule has 0 aliphatic rings. The third kappa shape index (κ3) is 3.27. The van der Waals surface area contributed by atoms with E-state index in [4.69, 9.17) is 14.9 Å². The van der Waals surface area contributed by atoms with Crippen LogP contribution in [0.2, 0.25) is 0 Å². The van der Waals surface area contributed by atoms with Crippen LogP contribution >= 0.6 is 0 Å². The van der Waals surface area contributed by atoms with Crippen LogP contribution in [-0.4, -0.2) is 28.6 Å². The Bertz CT molecular complexity index is 829. The number of hydrogen-bond donors (Lipinski definition) is 2. The number of nitrogens with one attached hydrogen (secondary N) is 1. The van der Waals surface area contributed by atoms with Gasteiger partial charge in [0.05, 0.1) is 0 Å². The highest BCUT2D eigenvalue weighted by Gasteiger charge is 2.28. The first-order valence-corrected chi connectivity index (χ1v) is 6.83. The van der Waals surface area contributed by atoms with E-state index in [-0.39, 0.29) is 22.8 Å². The van der Waals surface area contributed by atoms with Gasteiger partial charge in [-0.2, -0.15) is 5.26 Å². The van der Waals surface area contributed by atoms with Gasteiger partial charge in [0.25, 0.3) is 5.91 Å². The van der Waals surface area contributed by atoms with E-state index in [0.717, 1.165) is 0 Å². The summed E-state index contributed by atoms with van der Waals surface area (Å²) in [6.07, 6.45) is 2.02. The van der Waals surface area contributed by atoms with Crippen molar-refractivity contribution in [2.75, 3.05) is 0 Å². The zero-order valence-electron chi connectivity index (χ0n) is 12.9. The summed E-state index contributed by atoms with van der Waals surface area (Å²) >= 11 is 0. The second kappa shape index (κ2) is 6.70. The molecule has 0 unspecified atom stereocenters. The summed E-state index contributed by atoms with van der Waals surface area (Å²) in [5, 5.41) is 11.2. The van der Waals surface area contributed by atoms with Gasteiger partial charge in [-0.25, -0.2) is 9.59 Å². The fourth-order valence-corrected chi connectivity index (χ4v) is 2.03. The molecule has 2 heterocycles. The van der Waals surface area contributed by atoms with Crippen LogP contribution in [0.1, 0.15) is 28.6 Å². The zero-order valence-corrected chi connectivity index (χ0v) is 12.9. The summed E-state index contributed by atoms with van der Waals surface area (Å²) in [5.74, 6) is -1.46. The van der Waals surface area contributed by atoms with Gasteiger partial charge in [-0.05, 0) is 26.0 Å². The molecule has 0 radical (unpaired) electrons. The summed E-state index contributed by atoms with van der Waals surface area (Å²) < 4.78 is 12.0. The molecule has 0 fully saturated rings. The van der Waals surface area contributed by atoms with E-state index < -0.39 is 24.0 Å². The molecule has 2 aromatic rings. The second-order valence-electron chi connectivity index (χ2n) is 4.82. The molecule has 0 aromatic carbocycles. The summed E-state index contributed by atoms with van der Waals surface area (Å²) in [6.45, 7) is 2.77. The van der Waals surface area contributed by atoms with Crippen LogP contribution in [0, 0.1) is 18.3 Å². The van der Waals surface area contributed by atoms with Crippen molar-refractivity contribution in [1.82, 2.24) is 9.88 Å². The van der Waals surface area contributed by atoms with Crippen molar-refractivity contribution in [2.24, 2.45) is 5.73 Å². The molecule has 1 atom stereocenters. The molecular weight excluding hydrogens is 316 g/mol. The monoisotopic (exact) mass is 330 g/mol. The van der Waals surface area contributed by atoms with Gasteiger partial charge in [-0.1, -0.05) is 0 Å². The summed E-state index contributed by atoms with van der Waals surface area (Å²) in [7, 11) is 0. The maximum atomic E-state index is 12.3. The highest BCUT2D eigenvalue weighted by Crippen LogP contribution is 2.26. The molecule has 124 valence electrons. The number of ether oxygens (including phenoxy) is 1. The van der Waals surface area contributed by atoms with E-state index in [1.807, 2.05) is 6.07 Å². The van der Waals surface area contributed by atoms with Gasteiger partial charge in [0.15, 0.2) is 6.10 Å². The third-order valence-electron chi connectivity index (χ3n) is 3.12. The molecule has 2 aromatic heterocycles. The average Bonchev–Trinajstić information content (AvgIpc) is 3.12. The largest absolute Gasteiger partial charge is 0.449 e. The standard InChI is InChI=1S/C15H14N4O5/c1-8-11(14(21)24-9(2)12(20)18-15(17)22)10(7-16)13(23-8)19-5-3-4-6-19/h3-6,9H,1-2H3,(H3,17,18,20,22)/t9-/m1/s1. The number of furan rings is 1. The van der Waals surface area contributed by atoms with Gasteiger partial charge in [-0.3, -0.25) is 14.7 Å². The van der Waals surface area contributed by atoms with Crippen molar-refractivity contribution in [3.8, 4) is 12.0 Å². The van der Waals surface area contributed by atoms with E-state index in [1.165, 1.54) is 18.4 Å². The van der Waals surface area contributed by atoms with Crippen LogP contribution in [0.5, 0.6) is 0 Å². The molecule has 0 aliphatic heterocycles. The third-order valence-corrected chi connectivity index (χ3v) is 3.12. The maximum Gasteiger partial charge on any atom is 0.343 e. The zero-order chi connectivity index (χ0) is 17.9. The maximum absolute atomic E-state index is 12.3. The lowest BCUT2D eigenvalue weighted by atomic mass is 10.1. The molecule has 9 nitrogen and oxygen atoms in total. The van der Waals surface area contributed by atoms with Crippen molar-refractivity contribution in [3.05, 3.63) is 41.4 Å². The topological polar surface area (TPSA) is 140 Å². The van der Waals surface area contributed by atoms with Crippen LogP contribution in [0.25, 0.3) is 5.88 Å². The van der Waals surface area contributed by atoms with E-state index in [1.54, 1.807) is 29.8 Å². The van der Waals surface area contributed by atoms with Gasteiger partial charge >= 0.3 is 12.0 Å². The summed E-state index contributed by atoms with van der Waals surface area (Å²) in [6, 6.07) is 4.30. The summed E-state index contributed by atoms with van der Waals surface area (Å²) in [5.41, 5.74) is 4.73. The van der Waals surface area contributed by atoms with Gasteiger partial charge in [0.1, 0.15) is 23.0 Å². The minimum absolute atomic E-state index is 0.0174. The number of urea groups is 1. The number of primary amides is 1. The molecule has 2 rings (SSSR count). The smallest absolute Gasteiger partial charge is 0.343 e. The van der Waals surface area contributed by atoms with Crippen LogP contribution in [0.15, 0.2) is 28.9 Å². The van der Waals surface area contributed by atoms with E-state index >= 15 is 0 Å². The number of rotatable bonds is 4. The minimum Gasteiger partial charge on any atom is -0.449 e. The number of aryl methyl sites for hydroxylation is 1. The lowest BCUT2D eigenvalue weighted by Gasteiger charge is -2.11. The Morgan fingerprint density at radius 1 is 1.38 bits per heavy atom. The Labute approximate surface area is 136 Å². The van der Waals surface area contributed by atoms with Gasteiger partial charge < -0.3 is 14.9 Å².